The normalized spacial score (nSPS) is 12.1. The molecule has 1 aromatic heterocycles. The zero-order valence-corrected chi connectivity index (χ0v) is 11.1. The Hall–Kier alpha value is -1.65. The number of aromatic nitrogens is 2. The summed E-state index contributed by atoms with van der Waals surface area (Å²) in [6.07, 6.45) is 1.71. The minimum absolute atomic E-state index is 0.0511. The van der Waals surface area contributed by atoms with Crippen molar-refractivity contribution in [3.05, 3.63) is 17.6 Å². The number of carbonyl (C=O) groups is 1. The lowest BCUT2D eigenvalue weighted by Gasteiger charge is -2.21. The number of amides is 1. The van der Waals surface area contributed by atoms with Crippen molar-refractivity contribution >= 4 is 11.7 Å². The molecule has 5 nitrogen and oxygen atoms in total. The van der Waals surface area contributed by atoms with Crippen LogP contribution in [0.1, 0.15) is 25.2 Å². The van der Waals surface area contributed by atoms with Crippen LogP contribution < -0.4 is 5.32 Å². The lowest BCUT2D eigenvalue weighted by molar-refractivity contribution is -0.130. The van der Waals surface area contributed by atoms with Crippen molar-refractivity contribution in [1.29, 1.82) is 0 Å². The van der Waals surface area contributed by atoms with Gasteiger partial charge in [-0.2, -0.15) is 0 Å². The van der Waals surface area contributed by atoms with Gasteiger partial charge in [-0.25, -0.2) is 4.98 Å². The number of rotatable bonds is 4. The Morgan fingerprint density at radius 1 is 1.53 bits per heavy atom. The largest absolute Gasteiger partial charge is 0.357 e. The van der Waals surface area contributed by atoms with Crippen molar-refractivity contribution in [2.45, 2.75) is 33.7 Å². The van der Waals surface area contributed by atoms with Gasteiger partial charge in [-0.1, -0.05) is 0 Å². The molecule has 0 aliphatic heterocycles. The molecule has 1 heterocycles. The quantitative estimate of drug-likeness (QED) is 0.858. The molecule has 0 aliphatic rings. The molecule has 0 spiro atoms. The van der Waals surface area contributed by atoms with Gasteiger partial charge in [0.25, 0.3) is 0 Å². The third-order valence-electron chi connectivity index (χ3n) is 2.65. The number of likely N-dealkylation sites (N-methyl/N-ethyl adjacent to an activating group) is 1. The van der Waals surface area contributed by atoms with Gasteiger partial charge in [-0.3, -0.25) is 9.78 Å². The Morgan fingerprint density at radius 2 is 2.18 bits per heavy atom. The molecule has 94 valence electrons. The van der Waals surface area contributed by atoms with Crippen molar-refractivity contribution < 1.29 is 4.79 Å². The van der Waals surface area contributed by atoms with Gasteiger partial charge in [-0.15, -0.1) is 0 Å². The molecular weight excluding hydrogens is 216 g/mol. The van der Waals surface area contributed by atoms with Crippen molar-refractivity contribution in [3.63, 3.8) is 0 Å². The van der Waals surface area contributed by atoms with Crippen LogP contribution in [0.15, 0.2) is 6.20 Å². The SMILES string of the molecule is CCN(C)C(=O)C(C)Nc1nc(C)cnc1C. The highest BCUT2D eigenvalue weighted by molar-refractivity contribution is 5.83. The summed E-state index contributed by atoms with van der Waals surface area (Å²) >= 11 is 0. The highest BCUT2D eigenvalue weighted by Gasteiger charge is 2.17. The maximum absolute atomic E-state index is 11.9. The van der Waals surface area contributed by atoms with E-state index >= 15 is 0 Å². The van der Waals surface area contributed by atoms with Crippen molar-refractivity contribution in [2.24, 2.45) is 0 Å². The van der Waals surface area contributed by atoms with E-state index < -0.39 is 0 Å². The van der Waals surface area contributed by atoms with E-state index in [1.165, 1.54) is 0 Å². The van der Waals surface area contributed by atoms with E-state index in [-0.39, 0.29) is 11.9 Å². The van der Waals surface area contributed by atoms with Gasteiger partial charge in [0, 0.05) is 19.8 Å². The summed E-state index contributed by atoms with van der Waals surface area (Å²) in [4.78, 5) is 22.1. The lowest BCUT2D eigenvalue weighted by atomic mass is 10.2. The molecule has 0 fully saturated rings. The molecule has 1 amide bonds. The minimum Gasteiger partial charge on any atom is -0.357 e. The van der Waals surface area contributed by atoms with Gasteiger partial charge in [0.05, 0.1) is 11.4 Å². The van der Waals surface area contributed by atoms with Crippen LogP contribution in [0.3, 0.4) is 0 Å². The maximum Gasteiger partial charge on any atom is 0.244 e. The van der Waals surface area contributed by atoms with Gasteiger partial charge < -0.3 is 10.2 Å². The minimum atomic E-state index is -0.297. The molecule has 1 unspecified atom stereocenters. The van der Waals surface area contributed by atoms with E-state index in [2.05, 4.69) is 15.3 Å². The Morgan fingerprint density at radius 3 is 2.76 bits per heavy atom. The zero-order chi connectivity index (χ0) is 13.0. The maximum atomic E-state index is 11.9. The van der Waals surface area contributed by atoms with Gasteiger partial charge in [-0.05, 0) is 27.7 Å². The number of carbonyl (C=O) groups excluding carboxylic acids is 1. The molecule has 1 N–H and O–H groups in total. The molecule has 5 heteroatoms. The number of hydrogen-bond donors (Lipinski definition) is 1. The third kappa shape index (κ3) is 3.41. The average molecular weight is 236 g/mol. The topological polar surface area (TPSA) is 58.1 Å². The summed E-state index contributed by atoms with van der Waals surface area (Å²) in [5.41, 5.74) is 1.64. The van der Waals surface area contributed by atoms with Gasteiger partial charge in [0.15, 0.2) is 0 Å². The summed E-state index contributed by atoms with van der Waals surface area (Å²) in [7, 11) is 1.79. The van der Waals surface area contributed by atoms with E-state index in [4.69, 9.17) is 0 Å². The molecule has 0 saturated heterocycles. The fourth-order valence-corrected chi connectivity index (χ4v) is 1.43. The second-order valence-electron chi connectivity index (χ2n) is 4.16. The first-order valence-electron chi connectivity index (χ1n) is 5.77. The van der Waals surface area contributed by atoms with Crippen LogP contribution in [0, 0.1) is 13.8 Å². The molecule has 1 aromatic rings. The number of anilines is 1. The summed E-state index contributed by atoms with van der Waals surface area (Å²) in [6.45, 7) is 8.22. The first kappa shape index (κ1) is 13.4. The number of nitrogens with one attached hydrogen (secondary N) is 1. The third-order valence-corrected chi connectivity index (χ3v) is 2.65. The predicted octanol–water partition coefficient (Wildman–Crippen LogP) is 1.37. The molecular formula is C12H20N4O. The number of aryl methyl sites for hydroxylation is 2. The highest BCUT2D eigenvalue weighted by Crippen LogP contribution is 2.10. The van der Waals surface area contributed by atoms with E-state index in [0.717, 1.165) is 11.4 Å². The number of nitrogens with zero attached hydrogens (tertiary/aromatic N) is 3. The van der Waals surface area contributed by atoms with E-state index in [0.29, 0.717) is 12.4 Å². The van der Waals surface area contributed by atoms with Crippen molar-refractivity contribution in [1.82, 2.24) is 14.9 Å². The smallest absolute Gasteiger partial charge is 0.244 e. The van der Waals surface area contributed by atoms with Gasteiger partial charge in [0.1, 0.15) is 11.9 Å². The highest BCUT2D eigenvalue weighted by atomic mass is 16.2. The first-order valence-corrected chi connectivity index (χ1v) is 5.77. The van der Waals surface area contributed by atoms with Gasteiger partial charge >= 0.3 is 0 Å². The first-order chi connectivity index (χ1) is 7.95. The van der Waals surface area contributed by atoms with Crippen LogP contribution in [-0.4, -0.2) is 40.4 Å². The Labute approximate surface area is 102 Å². The summed E-state index contributed by atoms with van der Waals surface area (Å²) in [6, 6.07) is -0.297. The van der Waals surface area contributed by atoms with Crippen LogP contribution in [-0.2, 0) is 4.79 Å². The molecule has 1 atom stereocenters. The van der Waals surface area contributed by atoms with Crippen molar-refractivity contribution in [3.8, 4) is 0 Å². The van der Waals surface area contributed by atoms with Crippen LogP contribution in [0.2, 0.25) is 0 Å². The van der Waals surface area contributed by atoms with E-state index in [1.54, 1.807) is 18.1 Å². The molecule has 1 rings (SSSR count). The molecule has 17 heavy (non-hydrogen) atoms. The van der Waals surface area contributed by atoms with Crippen molar-refractivity contribution in [2.75, 3.05) is 18.9 Å². The molecule has 0 radical (unpaired) electrons. The molecule has 0 aromatic carbocycles. The second-order valence-corrected chi connectivity index (χ2v) is 4.16. The summed E-state index contributed by atoms with van der Waals surface area (Å²) < 4.78 is 0. The lowest BCUT2D eigenvalue weighted by Crippen LogP contribution is -2.39. The Kier molecular flexibility index (Phi) is 4.43. The Balaban J connectivity index is 2.77. The summed E-state index contributed by atoms with van der Waals surface area (Å²) in [5, 5.41) is 3.10. The van der Waals surface area contributed by atoms with Crippen LogP contribution in [0.25, 0.3) is 0 Å². The molecule has 0 aliphatic carbocycles. The zero-order valence-electron chi connectivity index (χ0n) is 11.1. The monoisotopic (exact) mass is 236 g/mol. The van der Waals surface area contributed by atoms with Crippen LogP contribution in [0.5, 0.6) is 0 Å². The second kappa shape index (κ2) is 5.61. The molecule has 0 bridgehead atoms. The van der Waals surface area contributed by atoms with E-state index in [9.17, 15) is 4.79 Å². The predicted molar refractivity (Wildman–Crippen MR) is 67.9 cm³/mol. The fraction of sp³-hybridized carbons (Fsp3) is 0.583. The average Bonchev–Trinajstić information content (AvgIpc) is 2.31. The van der Waals surface area contributed by atoms with E-state index in [1.807, 2.05) is 27.7 Å². The van der Waals surface area contributed by atoms with Crippen LogP contribution in [0.4, 0.5) is 5.82 Å². The number of hydrogen-bond acceptors (Lipinski definition) is 4. The molecule has 0 saturated carbocycles. The fourth-order valence-electron chi connectivity index (χ4n) is 1.43. The van der Waals surface area contributed by atoms with Crippen LogP contribution >= 0.6 is 0 Å². The Bertz CT molecular complexity index is 405. The summed E-state index contributed by atoms with van der Waals surface area (Å²) in [5.74, 6) is 0.727. The standard InChI is InChI=1S/C12H20N4O/c1-6-16(5)12(17)10(4)15-11-9(3)13-7-8(2)14-11/h7,10H,6H2,1-5H3,(H,14,15). The van der Waals surface area contributed by atoms with Gasteiger partial charge in [0.2, 0.25) is 5.91 Å².